The van der Waals surface area contributed by atoms with E-state index in [1.165, 1.54) is 4.90 Å². The number of benzene rings is 1. The monoisotopic (exact) mass is 302 g/mol. The molecule has 1 atom stereocenters. The first kappa shape index (κ1) is 15.8. The van der Waals surface area contributed by atoms with E-state index in [0.717, 1.165) is 5.56 Å². The van der Waals surface area contributed by atoms with Gasteiger partial charge in [0.1, 0.15) is 5.76 Å². The van der Waals surface area contributed by atoms with Crippen LogP contribution in [0.1, 0.15) is 23.2 Å². The van der Waals surface area contributed by atoms with Crippen molar-refractivity contribution < 1.29 is 19.1 Å². The largest absolute Gasteiger partial charge is 0.481 e. The average Bonchev–Trinajstić information content (AvgIpc) is 2.89. The van der Waals surface area contributed by atoms with Crippen LogP contribution in [0.4, 0.5) is 0 Å². The third-order valence-electron chi connectivity index (χ3n) is 3.34. The highest BCUT2D eigenvalue weighted by molar-refractivity contribution is 5.93. The van der Waals surface area contributed by atoms with E-state index < -0.39 is 11.9 Å². The minimum absolute atomic E-state index is 0.112. The van der Waals surface area contributed by atoms with Gasteiger partial charge in [-0.25, -0.2) is 4.98 Å². The maximum Gasteiger partial charge on any atom is 0.308 e. The van der Waals surface area contributed by atoms with E-state index in [2.05, 4.69) is 4.98 Å². The number of aliphatic carboxylic acids is 1. The van der Waals surface area contributed by atoms with Crippen molar-refractivity contribution in [2.75, 3.05) is 13.6 Å². The van der Waals surface area contributed by atoms with Crippen LogP contribution in [0.2, 0.25) is 0 Å². The Kier molecular flexibility index (Phi) is 4.60. The van der Waals surface area contributed by atoms with Gasteiger partial charge in [0, 0.05) is 19.2 Å². The molecule has 6 heteroatoms. The molecule has 1 aromatic heterocycles. The van der Waals surface area contributed by atoms with Gasteiger partial charge in [-0.15, -0.1) is 0 Å². The average molecular weight is 302 g/mol. The van der Waals surface area contributed by atoms with E-state index in [0.29, 0.717) is 11.7 Å². The normalized spacial score (nSPS) is 12.0. The number of carboxylic acid groups (broad SMARTS) is 1. The minimum Gasteiger partial charge on any atom is -0.481 e. The van der Waals surface area contributed by atoms with Crippen LogP contribution < -0.4 is 0 Å². The van der Waals surface area contributed by atoms with Gasteiger partial charge in [0.2, 0.25) is 5.89 Å². The highest BCUT2D eigenvalue weighted by atomic mass is 16.4. The number of carbonyl (C=O) groups is 2. The summed E-state index contributed by atoms with van der Waals surface area (Å²) in [5, 5.41) is 8.92. The molecule has 1 amide bonds. The summed E-state index contributed by atoms with van der Waals surface area (Å²) in [6, 6.07) is 9.28. The van der Waals surface area contributed by atoms with Crippen LogP contribution in [-0.2, 0) is 4.79 Å². The van der Waals surface area contributed by atoms with Gasteiger partial charge < -0.3 is 14.4 Å². The highest BCUT2D eigenvalue weighted by Gasteiger charge is 2.23. The first-order valence-electron chi connectivity index (χ1n) is 6.91. The second-order valence-electron chi connectivity index (χ2n) is 5.21. The Morgan fingerprint density at radius 3 is 2.55 bits per heavy atom. The molecule has 116 valence electrons. The van der Waals surface area contributed by atoms with Gasteiger partial charge in [-0.1, -0.05) is 25.1 Å². The summed E-state index contributed by atoms with van der Waals surface area (Å²) in [6.45, 7) is 3.33. The van der Waals surface area contributed by atoms with Gasteiger partial charge in [0.25, 0.3) is 5.91 Å². The molecule has 0 aliphatic carbocycles. The number of aromatic nitrogens is 1. The van der Waals surface area contributed by atoms with Gasteiger partial charge in [-0.2, -0.15) is 0 Å². The Balaban J connectivity index is 2.20. The lowest BCUT2D eigenvalue weighted by Gasteiger charge is -2.18. The van der Waals surface area contributed by atoms with Crippen molar-refractivity contribution in [3.63, 3.8) is 0 Å². The van der Waals surface area contributed by atoms with Crippen LogP contribution in [0.5, 0.6) is 0 Å². The smallest absolute Gasteiger partial charge is 0.308 e. The molecule has 1 unspecified atom stereocenters. The number of hydrogen-bond acceptors (Lipinski definition) is 4. The molecular formula is C16H18N2O4. The van der Waals surface area contributed by atoms with Crippen molar-refractivity contribution in [1.82, 2.24) is 9.88 Å². The summed E-state index contributed by atoms with van der Waals surface area (Å²) in [6.07, 6.45) is 0. The van der Waals surface area contributed by atoms with Crippen LogP contribution in [0.3, 0.4) is 0 Å². The fraction of sp³-hybridized carbons (Fsp3) is 0.312. The van der Waals surface area contributed by atoms with Gasteiger partial charge >= 0.3 is 5.97 Å². The minimum atomic E-state index is -0.943. The number of amides is 1. The summed E-state index contributed by atoms with van der Waals surface area (Å²) in [7, 11) is 1.55. The standard InChI is InChI=1S/C16H18N2O4/c1-10(16(20)21)9-18(3)15(19)13-11(2)22-14(17-13)12-7-5-4-6-8-12/h4-8,10H,9H2,1-3H3,(H,20,21). The molecule has 22 heavy (non-hydrogen) atoms. The molecule has 0 saturated carbocycles. The first-order valence-corrected chi connectivity index (χ1v) is 6.91. The van der Waals surface area contributed by atoms with E-state index in [1.807, 2.05) is 30.3 Å². The second kappa shape index (κ2) is 6.43. The van der Waals surface area contributed by atoms with Gasteiger partial charge in [0.05, 0.1) is 5.92 Å². The Bertz CT molecular complexity index is 679. The Labute approximate surface area is 128 Å². The molecular weight excluding hydrogens is 284 g/mol. The van der Waals surface area contributed by atoms with Crippen molar-refractivity contribution in [1.29, 1.82) is 0 Å². The summed E-state index contributed by atoms with van der Waals surface area (Å²) in [4.78, 5) is 28.9. The van der Waals surface area contributed by atoms with Crippen molar-refractivity contribution >= 4 is 11.9 Å². The lowest BCUT2D eigenvalue weighted by atomic mass is 10.1. The van der Waals surface area contributed by atoms with E-state index in [9.17, 15) is 9.59 Å². The number of aryl methyl sites for hydroxylation is 1. The maximum atomic E-state index is 12.4. The zero-order chi connectivity index (χ0) is 16.3. The maximum absolute atomic E-state index is 12.4. The SMILES string of the molecule is Cc1oc(-c2ccccc2)nc1C(=O)N(C)CC(C)C(=O)O. The lowest BCUT2D eigenvalue weighted by Crippen LogP contribution is -2.34. The molecule has 6 nitrogen and oxygen atoms in total. The molecule has 0 bridgehead atoms. The zero-order valence-electron chi connectivity index (χ0n) is 12.7. The van der Waals surface area contributed by atoms with E-state index in [1.54, 1.807) is 20.9 Å². The van der Waals surface area contributed by atoms with Crippen molar-refractivity contribution in [2.24, 2.45) is 5.92 Å². The zero-order valence-corrected chi connectivity index (χ0v) is 12.7. The van der Waals surface area contributed by atoms with Crippen molar-refractivity contribution in [3.8, 4) is 11.5 Å². The lowest BCUT2D eigenvalue weighted by molar-refractivity contribution is -0.141. The van der Waals surface area contributed by atoms with E-state index in [4.69, 9.17) is 9.52 Å². The summed E-state index contributed by atoms with van der Waals surface area (Å²) in [5.74, 6) is -1.15. The molecule has 0 aliphatic rings. The Morgan fingerprint density at radius 1 is 1.32 bits per heavy atom. The number of oxazole rings is 1. The molecule has 2 aromatic rings. The van der Waals surface area contributed by atoms with Crippen LogP contribution in [-0.4, -0.2) is 40.5 Å². The third-order valence-corrected chi connectivity index (χ3v) is 3.34. The van der Waals surface area contributed by atoms with Gasteiger partial charge in [-0.05, 0) is 19.1 Å². The molecule has 0 spiro atoms. The number of carbonyl (C=O) groups excluding carboxylic acids is 1. The molecule has 2 rings (SSSR count). The van der Waals surface area contributed by atoms with E-state index >= 15 is 0 Å². The third kappa shape index (κ3) is 3.33. The van der Waals surface area contributed by atoms with Crippen LogP contribution in [0.15, 0.2) is 34.7 Å². The van der Waals surface area contributed by atoms with Gasteiger partial charge in [0.15, 0.2) is 5.69 Å². The Hall–Kier alpha value is -2.63. The topological polar surface area (TPSA) is 83.6 Å². The number of rotatable bonds is 5. The fourth-order valence-electron chi connectivity index (χ4n) is 2.05. The number of carboxylic acids is 1. The molecule has 1 heterocycles. The summed E-state index contributed by atoms with van der Waals surface area (Å²) < 4.78 is 5.55. The van der Waals surface area contributed by atoms with Crippen molar-refractivity contribution in [2.45, 2.75) is 13.8 Å². The predicted molar refractivity (Wildman–Crippen MR) is 80.4 cm³/mol. The quantitative estimate of drug-likeness (QED) is 0.917. The fourth-order valence-corrected chi connectivity index (χ4v) is 2.05. The van der Waals surface area contributed by atoms with Crippen LogP contribution in [0, 0.1) is 12.8 Å². The second-order valence-corrected chi connectivity index (χ2v) is 5.21. The first-order chi connectivity index (χ1) is 10.4. The van der Waals surface area contributed by atoms with Crippen LogP contribution >= 0.6 is 0 Å². The molecule has 1 aromatic carbocycles. The van der Waals surface area contributed by atoms with Gasteiger partial charge in [-0.3, -0.25) is 9.59 Å². The molecule has 1 N–H and O–H groups in total. The number of nitrogens with zero attached hydrogens (tertiary/aromatic N) is 2. The summed E-state index contributed by atoms with van der Waals surface area (Å²) in [5.41, 5.74) is 0.991. The molecule has 0 radical (unpaired) electrons. The molecule has 0 fully saturated rings. The molecule has 0 aliphatic heterocycles. The van der Waals surface area contributed by atoms with E-state index in [-0.39, 0.29) is 18.1 Å². The van der Waals surface area contributed by atoms with Crippen molar-refractivity contribution in [3.05, 3.63) is 41.8 Å². The van der Waals surface area contributed by atoms with Crippen LogP contribution in [0.25, 0.3) is 11.5 Å². The Morgan fingerprint density at radius 2 is 1.95 bits per heavy atom. The highest BCUT2D eigenvalue weighted by Crippen LogP contribution is 2.22. The number of hydrogen-bond donors (Lipinski definition) is 1. The molecule has 0 saturated heterocycles. The predicted octanol–water partition coefficient (Wildman–Crippen LogP) is 2.44. The summed E-state index contributed by atoms with van der Waals surface area (Å²) >= 11 is 0.